The molecule has 0 radical (unpaired) electrons. The highest BCUT2D eigenvalue weighted by molar-refractivity contribution is 5.91. The van der Waals surface area contributed by atoms with Crippen molar-refractivity contribution >= 4 is 17.3 Å². The molecule has 1 amide bonds. The number of hydrogen-bond donors (Lipinski definition) is 1. The lowest BCUT2D eigenvalue weighted by Gasteiger charge is -2.06. The van der Waals surface area contributed by atoms with Crippen LogP contribution in [0.15, 0.2) is 53.1 Å². The van der Waals surface area contributed by atoms with Crippen molar-refractivity contribution in [3.8, 4) is 17.1 Å². The molecule has 8 nitrogen and oxygen atoms in total. The predicted molar refractivity (Wildman–Crippen MR) is 113 cm³/mol. The number of ether oxygens (including phenoxy) is 1. The molecule has 30 heavy (non-hydrogen) atoms. The summed E-state index contributed by atoms with van der Waals surface area (Å²) in [5, 5.41) is 13.7. The third-order valence-electron chi connectivity index (χ3n) is 4.64. The molecule has 0 atom stereocenters. The van der Waals surface area contributed by atoms with Crippen LogP contribution in [0.1, 0.15) is 37.6 Å². The van der Waals surface area contributed by atoms with Gasteiger partial charge in [-0.15, -0.1) is 0 Å². The van der Waals surface area contributed by atoms with Crippen molar-refractivity contribution in [1.29, 1.82) is 0 Å². The summed E-state index contributed by atoms with van der Waals surface area (Å²) in [4.78, 5) is 27.0. The molecule has 156 valence electrons. The Labute approximate surface area is 174 Å². The fourth-order valence-corrected chi connectivity index (χ4v) is 2.95. The minimum Gasteiger partial charge on any atom is -0.490 e. The van der Waals surface area contributed by atoms with Crippen molar-refractivity contribution in [2.24, 2.45) is 0 Å². The Morgan fingerprint density at radius 2 is 1.97 bits per heavy atom. The van der Waals surface area contributed by atoms with Gasteiger partial charge in [-0.3, -0.25) is 14.9 Å². The van der Waals surface area contributed by atoms with Gasteiger partial charge in [0.2, 0.25) is 5.91 Å². The highest BCUT2D eigenvalue weighted by atomic mass is 16.6. The van der Waals surface area contributed by atoms with E-state index in [1.54, 1.807) is 12.3 Å². The highest BCUT2D eigenvalue weighted by Gasteiger charge is 2.16. The third-order valence-corrected chi connectivity index (χ3v) is 4.64. The largest absolute Gasteiger partial charge is 0.490 e. The van der Waals surface area contributed by atoms with Crippen LogP contribution in [0.25, 0.3) is 11.3 Å². The monoisotopic (exact) mass is 409 g/mol. The van der Waals surface area contributed by atoms with Crippen LogP contribution in [0.2, 0.25) is 0 Å². The Kier molecular flexibility index (Phi) is 6.46. The van der Waals surface area contributed by atoms with Crippen molar-refractivity contribution in [3.05, 3.63) is 70.2 Å². The minimum atomic E-state index is -0.559. The van der Waals surface area contributed by atoms with Crippen LogP contribution in [0.4, 0.5) is 11.4 Å². The van der Waals surface area contributed by atoms with Gasteiger partial charge in [0.15, 0.2) is 17.4 Å². The molecule has 0 spiro atoms. The Morgan fingerprint density at radius 3 is 2.60 bits per heavy atom. The molecular formula is C22H23N3O5. The topological polar surface area (TPSA) is 108 Å². The number of nitrogens with one attached hydrogen (secondary N) is 1. The number of aryl methyl sites for hydroxylation is 1. The van der Waals surface area contributed by atoms with Gasteiger partial charge < -0.3 is 14.5 Å². The van der Waals surface area contributed by atoms with E-state index in [4.69, 9.17) is 9.15 Å². The van der Waals surface area contributed by atoms with E-state index in [0.29, 0.717) is 29.7 Å². The van der Waals surface area contributed by atoms with Crippen LogP contribution in [0.3, 0.4) is 0 Å². The first kappa shape index (κ1) is 21.0. The average molecular weight is 409 g/mol. The standard InChI is InChI=1S/C22H23N3O5/c1-14(2)15-4-6-16(7-5-15)20-13-23-22(30-20)11-10-21(26)24-17-8-9-19(29-3)18(12-17)25(27)28/h4-9,12-14H,10-11H2,1-3H3,(H,24,26). The van der Waals surface area contributed by atoms with E-state index in [1.807, 2.05) is 12.1 Å². The van der Waals surface area contributed by atoms with Gasteiger partial charge in [-0.25, -0.2) is 4.98 Å². The molecule has 0 bridgehead atoms. The van der Waals surface area contributed by atoms with Gasteiger partial charge >= 0.3 is 5.69 Å². The number of nitrogens with zero attached hydrogens (tertiary/aromatic N) is 2. The second-order valence-electron chi connectivity index (χ2n) is 7.09. The first-order valence-electron chi connectivity index (χ1n) is 9.54. The number of aromatic nitrogens is 1. The van der Waals surface area contributed by atoms with Crippen LogP contribution in [-0.2, 0) is 11.2 Å². The van der Waals surface area contributed by atoms with Gasteiger partial charge in [0.05, 0.1) is 18.2 Å². The molecule has 1 aromatic heterocycles. The molecule has 1 N–H and O–H groups in total. The number of methoxy groups -OCH3 is 1. The van der Waals surface area contributed by atoms with Crippen LogP contribution in [0, 0.1) is 10.1 Å². The summed E-state index contributed by atoms with van der Waals surface area (Å²) in [6.45, 7) is 4.27. The second kappa shape index (κ2) is 9.21. The second-order valence-corrected chi connectivity index (χ2v) is 7.09. The van der Waals surface area contributed by atoms with Crippen molar-refractivity contribution in [1.82, 2.24) is 4.98 Å². The number of oxazole rings is 1. The van der Waals surface area contributed by atoms with Gasteiger partial charge in [-0.05, 0) is 23.6 Å². The smallest absolute Gasteiger partial charge is 0.312 e. The molecule has 8 heteroatoms. The lowest BCUT2D eigenvalue weighted by molar-refractivity contribution is -0.385. The number of carbonyl (C=O) groups excluding carboxylic acids is 1. The Balaban J connectivity index is 1.59. The summed E-state index contributed by atoms with van der Waals surface area (Å²) >= 11 is 0. The predicted octanol–water partition coefficient (Wildman–Crippen LogP) is 4.95. The molecule has 2 aromatic carbocycles. The zero-order valence-corrected chi connectivity index (χ0v) is 17.0. The van der Waals surface area contributed by atoms with Crippen LogP contribution in [0.5, 0.6) is 5.75 Å². The summed E-state index contributed by atoms with van der Waals surface area (Å²) in [6, 6.07) is 12.4. The van der Waals surface area contributed by atoms with E-state index in [9.17, 15) is 14.9 Å². The van der Waals surface area contributed by atoms with E-state index in [0.717, 1.165) is 5.56 Å². The molecule has 1 heterocycles. The fraction of sp³-hybridized carbons (Fsp3) is 0.273. The summed E-state index contributed by atoms with van der Waals surface area (Å²) in [5.74, 6) is 1.39. The van der Waals surface area contributed by atoms with Gasteiger partial charge in [0.1, 0.15) is 0 Å². The van der Waals surface area contributed by atoms with Crippen molar-refractivity contribution in [2.45, 2.75) is 32.6 Å². The number of amides is 1. The Morgan fingerprint density at radius 1 is 1.23 bits per heavy atom. The number of nitro groups is 1. The highest BCUT2D eigenvalue weighted by Crippen LogP contribution is 2.30. The molecule has 0 unspecified atom stereocenters. The maximum absolute atomic E-state index is 12.2. The van der Waals surface area contributed by atoms with E-state index < -0.39 is 4.92 Å². The molecule has 0 saturated heterocycles. The van der Waals surface area contributed by atoms with E-state index >= 15 is 0 Å². The molecular weight excluding hydrogens is 386 g/mol. The van der Waals surface area contributed by atoms with E-state index in [1.165, 1.54) is 24.8 Å². The molecule has 3 aromatic rings. The van der Waals surface area contributed by atoms with Crippen molar-refractivity contribution < 1.29 is 18.9 Å². The van der Waals surface area contributed by atoms with Crippen LogP contribution < -0.4 is 10.1 Å². The van der Waals surface area contributed by atoms with Crippen molar-refractivity contribution in [3.63, 3.8) is 0 Å². The van der Waals surface area contributed by atoms with Gasteiger partial charge in [0, 0.05) is 30.2 Å². The molecule has 0 fully saturated rings. The van der Waals surface area contributed by atoms with E-state index in [-0.39, 0.29) is 23.8 Å². The third kappa shape index (κ3) is 5.02. The first-order chi connectivity index (χ1) is 14.4. The SMILES string of the molecule is COc1ccc(NC(=O)CCc2ncc(-c3ccc(C(C)C)cc3)o2)cc1[N+](=O)[O-]. The number of carbonyl (C=O) groups is 1. The zero-order valence-electron chi connectivity index (χ0n) is 17.0. The molecule has 0 aliphatic rings. The number of hydrogen-bond acceptors (Lipinski definition) is 6. The van der Waals surface area contributed by atoms with Gasteiger partial charge in [-0.1, -0.05) is 38.1 Å². The number of nitro benzene ring substituents is 1. The van der Waals surface area contributed by atoms with E-state index in [2.05, 4.69) is 36.3 Å². The van der Waals surface area contributed by atoms with Gasteiger partial charge in [0.25, 0.3) is 0 Å². The summed E-state index contributed by atoms with van der Waals surface area (Å²) < 4.78 is 10.7. The summed E-state index contributed by atoms with van der Waals surface area (Å²) in [7, 11) is 1.35. The molecule has 3 rings (SSSR count). The number of rotatable bonds is 8. The average Bonchev–Trinajstić information content (AvgIpc) is 3.21. The van der Waals surface area contributed by atoms with Crippen LogP contribution in [-0.4, -0.2) is 22.9 Å². The quantitative estimate of drug-likeness (QED) is 0.416. The lowest BCUT2D eigenvalue weighted by Crippen LogP contribution is -2.12. The summed E-state index contributed by atoms with van der Waals surface area (Å²) in [5.41, 5.74) is 2.28. The minimum absolute atomic E-state index is 0.131. The molecule has 0 saturated carbocycles. The number of benzene rings is 2. The Bertz CT molecular complexity index is 1040. The van der Waals surface area contributed by atoms with Crippen molar-refractivity contribution in [2.75, 3.05) is 12.4 Å². The lowest BCUT2D eigenvalue weighted by atomic mass is 10.0. The fourth-order valence-electron chi connectivity index (χ4n) is 2.95. The Hall–Kier alpha value is -3.68. The van der Waals surface area contributed by atoms with Crippen LogP contribution >= 0.6 is 0 Å². The number of anilines is 1. The zero-order chi connectivity index (χ0) is 21.7. The first-order valence-corrected chi connectivity index (χ1v) is 9.54. The normalized spacial score (nSPS) is 10.8. The van der Waals surface area contributed by atoms with Gasteiger partial charge in [-0.2, -0.15) is 0 Å². The molecule has 0 aliphatic heterocycles. The summed E-state index contributed by atoms with van der Waals surface area (Å²) in [6.07, 6.45) is 2.09. The molecule has 0 aliphatic carbocycles. The maximum atomic E-state index is 12.2. The maximum Gasteiger partial charge on any atom is 0.312 e.